The van der Waals surface area contributed by atoms with Crippen LogP contribution in [0.2, 0.25) is 0 Å². The molecule has 0 aliphatic carbocycles. The summed E-state index contributed by atoms with van der Waals surface area (Å²) in [5.74, 6) is 0.945. The summed E-state index contributed by atoms with van der Waals surface area (Å²) in [6, 6.07) is 14.0. The van der Waals surface area contributed by atoms with Gasteiger partial charge in [-0.25, -0.2) is 0 Å². The molecule has 8 heteroatoms. The summed E-state index contributed by atoms with van der Waals surface area (Å²) >= 11 is 3.13. The van der Waals surface area contributed by atoms with Crippen LogP contribution in [0.1, 0.15) is 37.5 Å². The fourth-order valence-corrected chi connectivity index (χ4v) is 5.66. The third-order valence-electron chi connectivity index (χ3n) is 5.49. The highest BCUT2D eigenvalue weighted by atomic mass is 32.2. The second kappa shape index (κ2) is 10.4. The molecule has 0 bridgehead atoms. The number of thioether (sulfide) groups is 1. The highest BCUT2D eigenvalue weighted by Crippen LogP contribution is 2.38. The quantitative estimate of drug-likeness (QED) is 0.429. The van der Waals surface area contributed by atoms with Crippen LogP contribution < -0.4 is 0 Å². The molecule has 1 fully saturated rings. The number of nitrogens with zero attached hydrogens (tertiary/aromatic N) is 4. The Bertz CT molecular complexity index is 965. The summed E-state index contributed by atoms with van der Waals surface area (Å²) in [5, 5.41) is 11.5. The third kappa shape index (κ3) is 5.02. The van der Waals surface area contributed by atoms with Gasteiger partial charge in [0.1, 0.15) is 5.25 Å². The van der Waals surface area contributed by atoms with Crippen LogP contribution >= 0.6 is 23.1 Å². The number of amides is 1. The predicted molar refractivity (Wildman–Crippen MR) is 125 cm³/mol. The highest BCUT2D eigenvalue weighted by molar-refractivity contribution is 8.00. The molecule has 2 atom stereocenters. The van der Waals surface area contributed by atoms with Gasteiger partial charge in [0.25, 0.3) is 0 Å². The van der Waals surface area contributed by atoms with Crippen molar-refractivity contribution in [2.24, 2.45) is 0 Å². The molecule has 1 aliphatic rings. The molecule has 1 aliphatic heterocycles. The summed E-state index contributed by atoms with van der Waals surface area (Å²) in [6.07, 6.45) is 2.27. The molecule has 3 heterocycles. The lowest BCUT2D eigenvalue weighted by Crippen LogP contribution is -2.34. The van der Waals surface area contributed by atoms with Crippen molar-refractivity contribution in [3.63, 3.8) is 0 Å². The maximum atomic E-state index is 13.4. The molecule has 164 valence electrons. The molecule has 1 aromatic carbocycles. The Hall–Kier alpha value is -2.16. The number of hydrogen-bond donors (Lipinski definition) is 0. The van der Waals surface area contributed by atoms with Gasteiger partial charge in [-0.15, -0.1) is 21.5 Å². The Morgan fingerprint density at radius 3 is 2.68 bits per heavy atom. The maximum Gasteiger partial charge on any atom is 0.240 e. The predicted octanol–water partition coefficient (Wildman–Crippen LogP) is 4.89. The molecular formula is C23H28N4O2S2. The van der Waals surface area contributed by atoms with Gasteiger partial charge in [-0.05, 0) is 43.7 Å². The van der Waals surface area contributed by atoms with Crippen molar-refractivity contribution in [3.8, 4) is 10.7 Å². The van der Waals surface area contributed by atoms with Crippen molar-refractivity contribution in [3.05, 3.63) is 53.4 Å². The number of rotatable bonds is 9. The number of carbonyl (C=O) groups is 1. The van der Waals surface area contributed by atoms with E-state index in [1.807, 2.05) is 60.5 Å². The van der Waals surface area contributed by atoms with Crippen molar-refractivity contribution in [2.45, 2.75) is 49.7 Å². The van der Waals surface area contributed by atoms with E-state index in [4.69, 9.17) is 4.74 Å². The number of thiophene rings is 1. The van der Waals surface area contributed by atoms with Crippen LogP contribution in [-0.2, 0) is 16.1 Å². The first-order valence-corrected chi connectivity index (χ1v) is 12.6. The molecule has 4 rings (SSSR count). The zero-order valence-corrected chi connectivity index (χ0v) is 19.6. The summed E-state index contributed by atoms with van der Waals surface area (Å²) in [4.78, 5) is 16.4. The van der Waals surface area contributed by atoms with Gasteiger partial charge >= 0.3 is 0 Å². The van der Waals surface area contributed by atoms with Crippen molar-refractivity contribution in [1.29, 1.82) is 0 Å². The average Bonchev–Trinajstić information content (AvgIpc) is 3.57. The fraction of sp³-hybridized carbons (Fsp3) is 0.435. The fourth-order valence-electron chi connectivity index (χ4n) is 3.82. The minimum absolute atomic E-state index is 0.102. The number of hydrogen-bond acceptors (Lipinski definition) is 6. The molecule has 0 spiro atoms. The lowest BCUT2D eigenvalue weighted by molar-refractivity contribution is -0.130. The maximum absolute atomic E-state index is 13.4. The van der Waals surface area contributed by atoms with Crippen molar-refractivity contribution < 1.29 is 9.53 Å². The Labute approximate surface area is 191 Å². The first kappa shape index (κ1) is 22.0. The van der Waals surface area contributed by atoms with Gasteiger partial charge in [-0.3, -0.25) is 9.36 Å². The standard InChI is InChI=1S/C23H28N4O2S2/c1-3-26(4-2)22(28)20(17-10-6-5-7-11-17)31-23-25-24-21(19-13-9-15-30-19)27(23)16-18-12-8-14-29-18/h5-7,9-11,13,15,18,20H,3-4,8,12,14,16H2,1-2H3. The molecule has 0 N–H and O–H groups in total. The van der Waals surface area contributed by atoms with Crippen molar-refractivity contribution >= 4 is 29.0 Å². The van der Waals surface area contributed by atoms with Crippen LogP contribution in [0, 0.1) is 0 Å². The van der Waals surface area contributed by atoms with E-state index in [1.165, 1.54) is 11.8 Å². The number of carbonyl (C=O) groups excluding carboxylic acids is 1. The van der Waals surface area contributed by atoms with E-state index in [-0.39, 0.29) is 17.3 Å². The van der Waals surface area contributed by atoms with Gasteiger partial charge in [0.15, 0.2) is 11.0 Å². The number of aromatic nitrogens is 3. The largest absolute Gasteiger partial charge is 0.376 e. The first-order chi connectivity index (χ1) is 15.2. The molecule has 0 saturated carbocycles. The SMILES string of the molecule is CCN(CC)C(=O)C(Sc1nnc(-c2cccs2)n1CC1CCCO1)c1ccccc1. The van der Waals surface area contributed by atoms with Crippen LogP contribution in [0.15, 0.2) is 53.0 Å². The zero-order valence-electron chi connectivity index (χ0n) is 17.9. The average molecular weight is 457 g/mol. The molecule has 1 amide bonds. The Morgan fingerprint density at radius 2 is 2.03 bits per heavy atom. The van der Waals surface area contributed by atoms with E-state index < -0.39 is 0 Å². The van der Waals surface area contributed by atoms with Crippen LogP contribution in [0.25, 0.3) is 10.7 Å². The molecular weight excluding hydrogens is 428 g/mol. The lowest BCUT2D eigenvalue weighted by Gasteiger charge is -2.25. The van der Waals surface area contributed by atoms with Gasteiger partial charge in [0, 0.05) is 19.7 Å². The lowest BCUT2D eigenvalue weighted by atomic mass is 10.1. The van der Waals surface area contributed by atoms with Gasteiger partial charge in [-0.1, -0.05) is 48.2 Å². The molecule has 6 nitrogen and oxygen atoms in total. The highest BCUT2D eigenvalue weighted by Gasteiger charge is 2.30. The summed E-state index contributed by atoms with van der Waals surface area (Å²) in [5.41, 5.74) is 0.980. The molecule has 2 unspecified atom stereocenters. The minimum Gasteiger partial charge on any atom is -0.376 e. The number of likely N-dealkylation sites (N-methyl/N-ethyl adjacent to an activating group) is 1. The number of ether oxygens (including phenoxy) is 1. The smallest absolute Gasteiger partial charge is 0.240 e. The molecule has 3 aromatic rings. The first-order valence-electron chi connectivity index (χ1n) is 10.8. The van der Waals surface area contributed by atoms with Crippen LogP contribution in [0.4, 0.5) is 0 Å². The minimum atomic E-state index is -0.371. The van der Waals surface area contributed by atoms with Crippen molar-refractivity contribution in [2.75, 3.05) is 19.7 Å². The second-order valence-corrected chi connectivity index (χ2v) is 9.47. The summed E-state index contributed by atoms with van der Waals surface area (Å²) in [6.45, 7) is 6.90. The number of benzene rings is 1. The summed E-state index contributed by atoms with van der Waals surface area (Å²) < 4.78 is 8.04. The van der Waals surface area contributed by atoms with Gasteiger partial charge in [0.2, 0.25) is 5.91 Å². The Balaban J connectivity index is 1.69. The Kier molecular flexibility index (Phi) is 7.42. The van der Waals surface area contributed by atoms with Crippen LogP contribution in [-0.4, -0.2) is 51.4 Å². The molecule has 2 aromatic heterocycles. The Morgan fingerprint density at radius 1 is 1.23 bits per heavy atom. The molecule has 0 radical (unpaired) electrons. The van der Waals surface area contributed by atoms with Crippen LogP contribution in [0.5, 0.6) is 0 Å². The van der Waals surface area contributed by atoms with E-state index in [0.717, 1.165) is 40.9 Å². The molecule has 31 heavy (non-hydrogen) atoms. The van der Waals surface area contributed by atoms with E-state index in [2.05, 4.69) is 20.8 Å². The summed E-state index contributed by atoms with van der Waals surface area (Å²) in [7, 11) is 0. The van der Waals surface area contributed by atoms with Crippen LogP contribution in [0.3, 0.4) is 0 Å². The normalized spacial score (nSPS) is 17.0. The van der Waals surface area contributed by atoms with Gasteiger partial charge < -0.3 is 9.64 Å². The van der Waals surface area contributed by atoms with Crippen molar-refractivity contribution in [1.82, 2.24) is 19.7 Å². The van der Waals surface area contributed by atoms with Gasteiger partial charge in [0.05, 0.1) is 17.5 Å². The van der Waals surface area contributed by atoms with Gasteiger partial charge in [-0.2, -0.15) is 0 Å². The monoisotopic (exact) mass is 456 g/mol. The second-order valence-electron chi connectivity index (χ2n) is 7.45. The zero-order chi connectivity index (χ0) is 21.6. The van der Waals surface area contributed by atoms with E-state index in [9.17, 15) is 4.79 Å². The topological polar surface area (TPSA) is 60.2 Å². The van der Waals surface area contributed by atoms with E-state index >= 15 is 0 Å². The molecule has 1 saturated heterocycles. The van der Waals surface area contributed by atoms with E-state index in [0.29, 0.717) is 19.6 Å². The van der Waals surface area contributed by atoms with E-state index in [1.54, 1.807) is 11.3 Å². The third-order valence-corrected chi connectivity index (χ3v) is 7.58.